The number of carbonyl (C=O) groups is 1. The van der Waals surface area contributed by atoms with Crippen LogP contribution in [0.15, 0.2) is 35.7 Å². The molecule has 0 spiro atoms. The third-order valence-electron chi connectivity index (χ3n) is 3.06. The van der Waals surface area contributed by atoms with Gasteiger partial charge in [0.1, 0.15) is 5.75 Å². The molecule has 0 radical (unpaired) electrons. The zero-order valence-corrected chi connectivity index (χ0v) is 10.5. The molecule has 1 aromatic heterocycles. The number of amides is 1. The Morgan fingerprint density at radius 1 is 1.39 bits per heavy atom. The Morgan fingerprint density at radius 3 is 2.89 bits per heavy atom. The fraction of sp³-hybridized carbons (Fsp3) is 0.154. The number of thiophene rings is 1. The van der Waals surface area contributed by atoms with E-state index >= 15 is 0 Å². The van der Waals surface area contributed by atoms with Crippen LogP contribution in [0.3, 0.4) is 0 Å². The highest BCUT2D eigenvalue weighted by Crippen LogP contribution is 2.43. The molecule has 1 amide bonds. The number of carbonyl (C=O) groups excluding carboxylic acids is 1. The summed E-state index contributed by atoms with van der Waals surface area (Å²) in [7, 11) is 1.55. The van der Waals surface area contributed by atoms with Crippen molar-refractivity contribution in [1.82, 2.24) is 0 Å². The lowest BCUT2D eigenvalue weighted by Crippen LogP contribution is -2.34. The maximum absolute atomic E-state index is 12.1. The van der Waals surface area contributed by atoms with Crippen LogP contribution >= 0.6 is 11.3 Å². The van der Waals surface area contributed by atoms with Gasteiger partial charge in [-0.1, -0.05) is 18.2 Å². The largest absolute Gasteiger partial charge is 0.496 e. The summed E-state index contributed by atoms with van der Waals surface area (Å²) in [6, 6.07) is 8.83. The molecule has 1 aliphatic heterocycles. The molecule has 4 nitrogen and oxygen atoms in total. The monoisotopic (exact) mass is 261 g/mol. The summed E-state index contributed by atoms with van der Waals surface area (Å²) < 4.78 is 5.09. The van der Waals surface area contributed by atoms with Gasteiger partial charge in [-0.05, 0) is 12.1 Å². The Bertz CT molecular complexity index is 622. The average Bonchev–Trinajstić information content (AvgIpc) is 2.95. The van der Waals surface area contributed by atoms with Crippen molar-refractivity contribution < 1.29 is 14.6 Å². The van der Waals surface area contributed by atoms with E-state index in [0.29, 0.717) is 21.9 Å². The quantitative estimate of drug-likeness (QED) is 0.868. The van der Waals surface area contributed by atoms with Gasteiger partial charge >= 0.3 is 0 Å². The van der Waals surface area contributed by atoms with Gasteiger partial charge in [0.25, 0.3) is 5.91 Å². The van der Waals surface area contributed by atoms with Crippen molar-refractivity contribution >= 4 is 22.9 Å². The number of hydrogen-bond acceptors (Lipinski definition) is 4. The van der Waals surface area contributed by atoms with Crippen LogP contribution in [0.5, 0.6) is 5.75 Å². The minimum Gasteiger partial charge on any atom is -0.496 e. The molecule has 1 unspecified atom stereocenters. The van der Waals surface area contributed by atoms with E-state index in [1.54, 1.807) is 36.8 Å². The number of nitrogens with one attached hydrogen (secondary N) is 1. The summed E-state index contributed by atoms with van der Waals surface area (Å²) >= 11 is 1.30. The van der Waals surface area contributed by atoms with E-state index in [9.17, 15) is 9.90 Å². The number of fused-ring (bicyclic) bond motifs is 1. The lowest BCUT2D eigenvalue weighted by molar-refractivity contribution is -0.129. The molecule has 1 atom stereocenters. The van der Waals surface area contributed by atoms with Crippen LogP contribution in [-0.4, -0.2) is 18.1 Å². The van der Waals surface area contributed by atoms with Crippen LogP contribution in [0.2, 0.25) is 0 Å². The number of anilines is 1. The van der Waals surface area contributed by atoms with E-state index in [0.717, 1.165) is 0 Å². The summed E-state index contributed by atoms with van der Waals surface area (Å²) in [6.45, 7) is 0. The molecule has 92 valence electrons. The summed E-state index contributed by atoms with van der Waals surface area (Å²) in [6.07, 6.45) is 0. The lowest BCUT2D eigenvalue weighted by Gasteiger charge is -2.18. The smallest absolute Gasteiger partial charge is 0.266 e. The predicted molar refractivity (Wildman–Crippen MR) is 68.9 cm³/mol. The number of ether oxygens (including phenoxy) is 1. The second-order valence-corrected chi connectivity index (χ2v) is 4.97. The van der Waals surface area contributed by atoms with E-state index in [1.165, 1.54) is 11.3 Å². The third kappa shape index (κ3) is 1.38. The second-order valence-electron chi connectivity index (χ2n) is 4.06. The molecule has 3 rings (SSSR count). The van der Waals surface area contributed by atoms with Crippen LogP contribution in [0.4, 0.5) is 5.69 Å². The number of rotatable bonds is 2. The first-order valence-electron chi connectivity index (χ1n) is 5.42. The fourth-order valence-electron chi connectivity index (χ4n) is 2.10. The third-order valence-corrected chi connectivity index (χ3v) is 4.08. The Hall–Kier alpha value is -1.85. The van der Waals surface area contributed by atoms with Crippen molar-refractivity contribution in [3.63, 3.8) is 0 Å². The molecule has 2 aromatic rings. The van der Waals surface area contributed by atoms with E-state index < -0.39 is 11.5 Å². The molecular formula is C13H11NO3S. The number of para-hydroxylation sites is 1. The van der Waals surface area contributed by atoms with Gasteiger partial charge in [0.2, 0.25) is 5.60 Å². The van der Waals surface area contributed by atoms with Crippen LogP contribution < -0.4 is 10.1 Å². The number of aliphatic hydroxyl groups is 1. The first-order valence-corrected chi connectivity index (χ1v) is 6.30. The van der Waals surface area contributed by atoms with Gasteiger partial charge in [0.05, 0.1) is 12.0 Å². The number of methoxy groups -OCH3 is 1. The maximum atomic E-state index is 12.1. The Balaban J connectivity index is 2.17. The van der Waals surface area contributed by atoms with Gasteiger partial charge in [-0.25, -0.2) is 0 Å². The standard InChI is InChI=1S/C13H11NO3S/c1-17-8-6-11(18-7-8)13(16)9-4-2-3-5-10(9)14-12(13)15/h2-7,16H,1H3,(H,14,15). The lowest BCUT2D eigenvalue weighted by atomic mass is 9.94. The molecule has 0 fully saturated rings. The van der Waals surface area contributed by atoms with Crippen molar-refractivity contribution in [2.24, 2.45) is 0 Å². The summed E-state index contributed by atoms with van der Waals surface area (Å²) in [5.41, 5.74) is -0.380. The molecule has 0 aliphatic carbocycles. The van der Waals surface area contributed by atoms with Crippen LogP contribution in [0.25, 0.3) is 0 Å². The summed E-state index contributed by atoms with van der Waals surface area (Å²) in [5, 5.41) is 15.2. The average molecular weight is 261 g/mol. The molecule has 1 aliphatic rings. The van der Waals surface area contributed by atoms with Gasteiger partial charge in [-0.15, -0.1) is 11.3 Å². The Morgan fingerprint density at radius 2 is 2.17 bits per heavy atom. The minimum absolute atomic E-state index is 0.423. The Kier molecular flexibility index (Phi) is 2.39. The highest BCUT2D eigenvalue weighted by atomic mass is 32.1. The molecule has 2 heterocycles. The van der Waals surface area contributed by atoms with E-state index in [1.807, 2.05) is 6.07 Å². The fourth-order valence-corrected chi connectivity index (χ4v) is 3.07. The van der Waals surface area contributed by atoms with Gasteiger partial charge in [-0.3, -0.25) is 4.79 Å². The van der Waals surface area contributed by atoms with Crippen LogP contribution in [0, 0.1) is 0 Å². The predicted octanol–water partition coefficient (Wildman–Crippen LogP) is 1.94. The van der Waals surface area contributed by atoms with Crippen molar-refractivity contribution in [3.05, 3.63) is 46.2 Å². The zero-order chi connectivity index (χ0) is 12.8. The van der Waals surface area contributed by atoms with Crippen molar-refractivity contribution in [2.75, 3.05) is 12.4 Å². The minimum atomic E-state index is -1.61. The molecule has 0 saturated heterocycles. The zero-order valence-electron chi connectivity index (χ0n) is 9.64. The highest BCUT2D eigenvalue weighted by Gasteiger charge is 2.47. The van der Waals surface area contributed by atoms with Crippen molar-refractivity contribution in [3.8, 4) is 5.75 Å². The summed E-state index contributed by atoms with van der Waals surface area (Å²) in [4.78, 5) is 12.6. The maximum Gasteiger partial charge on any atom is 0.266 e. The molecule has 1 aromatic carbocycles. The SMILES string of the molecule is COc1csc(C2(O)C(=O)Nc3ccccc32)c1. The van der Waals surface area contributed by atoms with E-state index in [-0.39, 0.29) is 0 Å². The number of hydrogen-bond donors (Lipinski definition) is 2. The second kappa shape index (κ2) is 3.83. The topological polar surface area (TPSA) is 58.6 Å². The van der Waals surface area contributed by atoms with Gasteiger partial charge < -0.3 is 15.2 Å². The molecule has 18 heavy (non-hydrogen) atoms. The van der Waals surface area contributed by atoms with Gasteiger partial charge in [0, 0.05) is 16.6 Å². The van der Waals surface area contributed by atoms with Gasteiger partial charge in [-0.2, -0.15) is 0 Å². The van der Waals surface area contributed by atoms with Gasteiger partial charge in [0.15, 0.2) is 0 Å². The van der Waals surface area contributed by atoms with Crippen molar-refractivity contribution in [2.45, 2.75) is 5.60 Å². The van der Waals surface area contributed by atoms with E-state index in [2.05, 4.69) is 5.32 Å². The van der Waals surface area contributed by atoms with E-state index in [4.69, 9.17) is 4.74 Å². The highest BCUT2D eigenvalue weighted by molar-refractivity contribution is 7.10. The molecular weight excluding hydrogens is 250 g/mol. The first-order chi connectivity index (χ1) is 8.66. The first kappa shape index (κ1) is 11.3. The molecule has 2 N–H and O–H groups in total. The van der Waals surface area contributed by atoms with Crippen LogP contribution in [-0.2, 0) is 10.4 Å². The van der Waals surface area contributed by atoms with Crippen LogP contribution in [0.1, 0.15) is 10.4 Å². The molecule has 0 saturated carbocycles. The van der Waals surface area contributed by atoms with Crippen molar-refractivity contribution in [1.29, 1.82) is 0 Å². The normalized spacial score (nSPS) is 21.6. The molecule has 0 bridgehead atoms. The Labute approximate surface area is 108 Å². The number of benzene rings is 1. The summed E-state index contributed by atoms with van der Waals surface area (Å²) in [5.74, 6) is 0.216. The molecule has 5 heteroatoms.